The molecule has 0 saturated heterocycles. The van der Waals surface area contributed by atoms with Crippen molar-refractivity contribution >= 4 is 11.8 Å². The van der Waals surface area contributed by atoms with E-state index in [9.17, 15) is 9.59 Å². The maximum absolute atomic E-state index is 14.1. The number of rotatable bonds is 4. The SMILES string of the molecule is CCN1CCCCCN(C(=O)c2ccc(C(C)(C)C)cc2)[C@H](Cc2ccccc2)COc2ccccc2C1=O. The Hall–Kier alpha value is -3.60. The van der Waals surface area contributed by atoms with Gasteiger partial charge in [-0.15, -0.1) is 0 Å². The van der Waals surface area contributed by atoms with Crippen molar-refractivity contribution in [1.82, 2.24) is 9.80 Å². The average molecular weight is 527 g/mol. The lowest BCUT2D eigenvalue weighted by atomic mass is 9.86. The van der Waals surface area contributed by atoms with Crippen LogP contribution in [0.5, 0.6) is 5.75 Å². The van der Waals surface area contributed by atoms with Crippen molar-refractivity contribution < 1.29 is 14.3 Å². The van der Waals surface area contributed by atoms with E-state index >= 15 is 0 Å². The van der Waals surface area contributed by atoms with Gasteiger partial charge in [0.15, 0.2) is 0 Å². The summed E-state index contributed by atoms with van der Waals surface area (Å²) in [4.78, 5) is 31.3. The van der Waals surface area contributed by atoms with Crippen molar-refractivity contribution in [2.24, 2.45) is 0 Å². The van der Waals surface area contributed by atoms with E-state index in [-0.39, 0.29) is 23.3 Å². The third kappa shape index (κ3) is 7.29. The van der Waals surface area contributed by atoms with E-state index in [1.807, 2.05) is 71.3 Å². The van der Waals surface area contributed by atoms with Gasteiger partial charge in [-0.2, -0.15) is 0 Å². The molecule has 1 aliphatic heterocycles. The molecule has 0 radical (unpaired) electrons. The summed E-state index contributed by atoms with van der Waals surface area (Å²) >= 11 is 0. The Morgan fingerprint density at radius 3 is 2.23 bits per heavy atom. The lowest BCUT2D eigenvalue weighted by molar-refractivity contribution is 0.0605. The predicted octanol–water partition coefficient (Wildman–Crippen LogP) is 6.76. The van der Waals surface area contributed by atoms with Crippen LogP contribution in [0.4, 0.5) is 0 Å². The van der Waals surface area contributed by atoms with E-state index in [1.54, 1.807) is 0 Å². The van der Waals surface area contributed by atoms with Crippen LogP contribution in [0.2, 0.25) is 0 Å². The first-order valence-corrected chi connectivity index (χ1v) is 14.2. The molecule has 0 unspecified atom stereocenters. The highest BCUT2D eigenvalue weighted by Gasteiger charge is 2.28. The fourth-order valence-electron chi connectivity index (χ4n) is 5.16. The fourth-order valence-corrected chi connectivity index (χ4v) is 5.16. The number of benzene rings is 3. The largest absolute Gasteiger partial charge is 0.491 e. The van der Waals surface area contributed by atoms with Crippen LogP contribution >= 0.6 is 0 Å². The van der Waals surface area contributed by atoms with Crippen LogP contribution in [0.25, 0.3) is 0 Å². The number of para-hydroxylation sites is 1. The zero-order valence-corrected chi connectivity index (χ0v) is 23.9. The summed E-state index contributed by atoms with van der Waals surface area (Å²) < 4.78 is 6.39. The van der Waals surface area contributed by atoms with Crippen LogP contribution in [0, 0.1) is 0 Å². The summed E-state index contributed by atoms with van der Waals surface area (Å²) in [7, 11) is 0. The topological polar surface area (TPSA) is 49.9 Å². The molecule has 0 fully saturated rings. The Labute approximate surface area is 233 Å². The highest BCUT2D eigenvalue weighted by molar-refractivity contribution is 5.97. The maximum Gasteiger partial charge on any atom is 0.257 e. The summed E-state index contributed by atoms with van der Waals surface area (Å²) in [6, 6.07) is 25.6. The predicted molar refractivity (Wildman–Crippen MR) is 157 cm³/mol. The molecule has 1 atom stereocenters. The van der Waals surface area contributed by atoms with Crippen LogP contribution in [-0.4, -0.2) is 53.9 Å². The number of amides is 2. The Bertz CT molecular complexity index is 1230. The van der Waals surface area contributed by atoms with Gasteiger partial charge >= 0.3 is 0 Å². The van der Waals surface area contributed by atoms with Gasteiger partial charge in [0.2, 0.25) is 0 Å². The molecule has 39 heavy (non-hydrogen) atoms. The van der Waals surface area contributed by atoms with E-state index in [2.05, 4.69) is 45.0 Å². The minimum absolute atomic E-state index is 0.00109. The third-order valence-corrected chi connectivity index (χ3v) is 7.56. The van der Waals surface area contributed by atoms with Gasteiger partial charge in [0.05, 0.1) is 11.6 Å². The molecular weight excluding hydrogens is 484 g/mol. The van der Waals surface area contributed by atoms with Gasteiger partial charge in [-0.05, 0) is 73.4 Å². The molecule has 1 aliphatic rings. The molecule has 3 aromatic carbocycles. The Morgan fingerprint density at radius 2 is 1.54 bits per heavy atom. The van der Waals surface area contributed by atoms with Gasteiger partial charge in [0.25, 0.3) is 11.8 Å². The third-order valence-electron chi connectivity index (χ3n) is 7.56. The number of carbonyl (C=O) groups is 2. The molecule has 3 aromatic rings. The van der Waals surface area contributed by atoms with Crippen LogP contribution in [0.1, 0.15) is 78.8 Å². The van der Waals surface area contributed by atoms with E-state index < -0.39 is 0 Å². The minimum atomic E-state index is -0.187. The molecule has 0 spiro atoms. The van der Waals surface area contributed by atoms with E-state index in [4.69, 9.17) is 4.74 Å². The molecule has 0 bridgehead atoms. The van der Waals surface area contributed by atoms with Gasteiger partial charge in [0.1, 0.15) is 12.4 Å². The van der Waals surface area contributed by atoms with Gasteiger partial charge in [-0.25, -0.2) is 0 Å². The summed E-state index contributed by atoms with van der Waals surface area (Å²) in [5.41, 5.74) is 3.65. The second-order valence-electron chi connectivity index (χ2n) is 11.4. The Kier molecular flexibility index (Phi) is 9.45. The van der Waals surface area contributed by atoms with Gasteiger partial charge in [-0.3, -0.25) is 9.59 Å². The Morgan fingerprint density at radius 1 is 0.872 bits per heavy atom. The standard InChI is InChI=1S/C34H42N2O3/c1-5-35-22-12-7-13-23-36(32(37)27-18-20-28(21-19-27)34(2,3)4)29(24-26-14-8-6-9-15-26)25-39-31-17-11-10-16-30(31)33(35)38/h6,8-11,14-21,29H,5,7,12-13,22-25H2,1-4H3/t29-/m1/s1. The molecule has 206 valence electrons. The second kappa shape index (κ2) is 13.0. The van der Waals surface area contributed by atoms with Crippen LogP contribution in [0.3, 0.4) is 0 Å². The average Bonchev–Trinajstić information content (AvgIpc) is 2.95. The molecule has 2 amide bonds. The first kappa shape index (κ1) is 28.4. The lowest BCUT2D eigenvalue weighted by Gasteiger charge is -2.32. The summed E-state index contributed by atoms with van der Waals surface area (Å²) in [5.74, 6) is 0.591. The highest BCUT2D eigenvalue weighted by atomic mass is 16.5. The minimum Gasteiger partial charge on any atom is -0.491 e. The molecule has 0 saturated carbocycles. The monoisotopic (exact) mass is 526 g/mol. The van der Waals surface area contributed by atoms with Crippen molar-refractivity contribution in [3.8, 4) is 5.75 Å². The fraction of sp³-hybridized carbons (Fsp3) is 0.412. The van der Waals surface area contributed by atoms with Crippen molar-refractivity contribution in [3.05, 3.63) is 101 Å². The van der Waals surface area contributed by atoms with Crippen LogP contribution in [0.15, 0.2) is 78.9 Å². The number of ether oxygens (including phenoxy) is 1. The van der Waals surface area contributed by atoms with Crippen molar-refractivity contribution in [2.45, 2.75) is 64.8 Å². The molecule has 5 heteroatoms. The molecule has 1 heterocycles. The van der Waals surface area contributed by atoms with Crippen molar-refractivity contribution in [2.75, 3.05) is 26.2 Å². The first-order valence-electron chi connectivity index (χ1n) is 14.2. The van der Waals surface area contributed by atoms with Gasteiger partial charge < -0.3 is 14.5 Å². The smallest absolute Gasteiger partial charge is 0.257 e. The molecule has 0 N–H and O–H groups in total. The van der Waals surface area contributed by atoms with Gasteiger partial charge in [-0.1, -0.05) is 75.4 Å². The molecule has 0 aromatic heterocycles. The highest BCUT2D eigenvalue weighted by Crippen LogP contribution is 2.25. The summed E-state index contributed by atoms with van der Waals surface area (Å²) in [5, 5.41) is 0. The summed E-state index contributed by atoms with van der Waals surface area (Å²) in [6.07, 6.45) is 3.38. The zero-order chi connectivity index (χ0) is 27.8. The molecular formula is C34H42N2O3. The lowest BCUT2D eigenvalue weighted by Crippen LogP contribution is -2.45. The van der Waals surface area contributed by atoms with Crippen molar-refractivity contribution in [1.29, 1.82) is 0 Å². The van der Waals surface area contributed by atoms with E-state index in [0.29, 0.717) is 49.5 Å². The van der Waals surface area contributed by atoms with Gasteiger partial charge in [0, 0.05) is 25.2 Å². The molecule has 4 rings (SSSR count). The number of hydrogen-bond donors (Lipinski definition) is 0. The quantitative estimate of drug-likeness (QED) is 0.377. The molecule has 5 nitrogen and oxygen atoms in total. The van der Waals surface area contributed by atoms with Crippen LogP contribution < -0.4 is 4.74 Å². The molecule has 0 aliphatic carbocycles. The van der Waals surface area contributed by atoms with Crippen molar-refractivity contribution in [3.63, 3.8) is 0 Å². The number of hydrogen-bond acceptors (Lipinski definition) is 3. The first-order chi connectivity index (χ1) is 18.8. The zero-order valence-electron chi connectivity index (χ0n) is 23.9. The number of fused-ring (bicyclic) bond motifs is 1. The van der Waals surface area contributed by atoms with E-state index in [1.165, 1.54) is 5.56 Å². The summed E-state index contributed by atoms with van der Waals surface area (Å²) in [6.45, 7) is 10.8. The normalized spacial score (nSPS) is 17.3. The number of nitrogens with zero attached hydrogens (tertiary/aromatic N) is 2. The van der Waals surface area contributed by atoms with E-state index in [0.717, 1.165) is 24.8 Å². The second-order valence-corrected chi connectivity index (χ2v) is 11.4. The number of carbonyl (C=O) groups excluding carboxylic acids is 2. The Balaban J connectivity index is 1.69. The van der Waals surface area contributed by atoms with Crippen LogP contribution in [-0.2, 0) is 11.8 Å². The maximum atomic E-state index is 14.1.